The molecule has 1 unspecified atom stereocenters. The van der Waals surface area contributed by atoms with Gasteiger partial charge < -0.3 is 0 Å². The molecule has 2 aromatic rings. The van der Waals surface area contributed by atoms with Crippen molar-refractivity contribution in [3.8, 4) is 0 Å². The SMILES string of the molecule is CC1Cc2cc(S(N)(=O)=O)ccc2N1S(=O)(=O)c1ccc(F)cc1F. The third kappa shape index (κ3) is 3.00. The van der Waals surface area contributed by atoms with Gasteiger partial charge in [-0.15, -0.1) is 0 Å². The number of hydrogen-bond donors (Lipinski definition) is 1. The largest absolute Gasteiger partial charge is 0.267 e. The van der Waals surface area contributed by atoms with Gasteiger partial charge in [0.1, 0.15) is 16.5 Å². The molecule has 0 amide bonds. The van der Waals surface area contributed by atoms with Gasteiger partial charge in [0.2, 0.25) is 10.0 Å². The molecule has 6 nitrogen and oxygen atoms in total. The van der Waals surface area contributed by atoms with E-state index in [0.29, 0.717) is 11.6 Å². The van der Waals surface area contributed by atoms with Gasteiger partial charge in [-0.25, -0.2) is 30.8 Å². The van der Waals surface area contributed by atoms with E-state index in [-0.39, 0.29) is 17.0 Å². The normalized spacial score (nSPS) is 17.6. The average molecular weight is 388 g/mol. The fourth-order valence-electron chi connectivity index (χ4n) is 2.91. The van der Waals surface area contributed by atoms with Crippen molar-refractivity contribution in [2.75, 3.05) is 4.31 Å². The van der Waals surface area contributed by atoms with E-state index in [1.807, 2.05) is 0 Å². The summed E-state index contributed by atoms with van der Waals surface area (Å²) in [5, 5.41) is 5.09. The van der Waals surface area contributed by atoms with Gasteiger partial charge in [-0.2, -0.15) is 0 Å². The Morgan fingerprint density at radius 3 is 2.36 bits per heavy atom. The number of sulfonamides is 2. The quantitative estimate of drug-likeness (QED) is 0.866. The van der Waals surface area contributed by atoms with Crippen molar-refractivity contribution in [3.05, 3.63) is 53.6 Å². The van der Waals surface area contributed by atoms with Gasteiger partial charge in [0.15, 0.2) is 0 Å². The second-order valence-electron chi connectivity index (χ2n) is 5.76. The highest BCUT2D eigenvalue weighted by atomic mass is 32.2. The summed E-state index contributed by atoms with van der Waals surface area (Å²) in [7, 11) is -8.21. The number of primary sulfonamides is 1. The average Bonchev–Trinajstić information content (AvgIpc) is 2.81. The molecule has 0 fully saturated rings. The summed E-state index contributed by atoms with van der Waals surface area (Å²) in [6, 6.07) is 5.47. The van der Waals surface area contributed by atoms with E-state index in [9.17, 15) is 25.6 Å². The summed E-state index contributed by atoms with van der Waals surface area (Å²) < 4.78 is 76.6. The van der Waals surface area contributed by atoms with E-state index in [2.05, 4.69) is 0 Å². The van der Waals surface area contributed by atoms with E-state index in [1.165, 1.54) is 18.2 Å². The monoisotopic (exact) mass is 388 g/mol. The van der Waals surface area contributed by atoms with Crippen LogP contribution in [0.25, 0.3) is 0 Å². The van der Waals surface area contributed by atoms with Gasteiger partial charge >= 0.3 is 0 Å². The number of nitrogens with zero attached hydrogens (tertiary/aromatic N) is 1. The van der Waals surface area contributed by atoms with Crippen molar-refractivity contribution in [1.82, 2.24) is 0 Å². The van der Waals surface area contributed by atoms with Crippen LogP contribution in [0.4, 0.5) is 14.5 Å². The maximum Gasteiger partial charge on any atom is 0.267 e. The van der Waals surface area contributed by atoms with Gasteiger partial charge in [-0.05, 0) is 49.2 Å². The Hall–Kier alpha value is -2.04. The molecule has 0 aliphatic carbocycles. The number of rotatable bonds is 3. The Kier molecular flexibility index (Phi) is 4.09. The van der Waals surface area contributed by atoms with Crippen molar-refractivity contribution in [1.29, 1.82) is 0 Å². The Morgan fingerprint density at radius 2 is 1.76 bits per heavy atom. The van der Waals surface area contributed by atoms with E-state index >= 15 is 0 Å². The number of hydrogen-bond acceptors (Lipinski definition) is 4. The van der Waals surface area contributed by atoms with Crippen LogP contribution in [0.3, 0.4) is 0 Å². The van der Waals surface area contributed by atoms with Crippen LogP contribution >= 0.6 is 0 Å². The molecule has 1 atom stereocenters. The van der Waals surface area contributed by atoms with Crippen molar-refractivity contribution in [2.45, 2.75) is 29.2 Å². The molecule has 134 valence electrons. The van der Waals surface area contributed by atoms with Crippen molar-refractivity contribution >= 4 is 25.7 Å². The Balaban J connectivity index is 2.13. The lowest BCUT2D eigenvalue weighted by Crippen LogP contribution is -2.36. The maximum atomic E-state index is 14.0. The van der Waals surface area contributed by atoms with Gasteiger partial charge in [0, 0.05) is 12.1 Å². The fourth-order valence-corrected chi connectivity index (χ4v) is 5.22. The molecule has 2 aromatic carbocycles. The second kappa shape index (κ2) is 5.75. The lowest BCUT2D eigenvalue weighted by Gasteiger charge is -2.24. The van der Waals surface area contributed by atoms with Crippen LogP contribution in [0, 0.1) is 11.6 Å². The van der Waals surface area contributed by atoms with Gasteiger partial charge in [0.05, 0.1) is 10.6 Å². The molecule has 1 aliphatic heterocycles. The molecule has 0 bridgehead atoms. The van der Waals surface area contributed by atoms with E-state index in [1.54, 1.807) is 6.92 Å². The molecular weight excluding hydrogens is 374 g/mol. The summed E-state index contributed by atoms with van der Waals surface area (Å²) in [6.07, 6.45) is 0.237. The summed E-state index contributed by atoms with van der Waals surface area (Å²) in [6.45, 7) is 1.61. The molecule has 0 spiro atoms. The minimum Gasteiger partial charge on any atom is -0.263 e. The Morgan fingerprint density at radius 1 is 1.08 bits per heavy atom. The zero-order chi connectivity index (χ0) is 18.6. The van der Waals surface area contributed by atoms with Crippen molar-refractivity contribution in [2.24, 2.45) is 5.14 Å². The highest BCUT2D eigenvalue weighted by molar-refractivity contribution is 7.93. The molecule has 0 radical (unpaired) electrons. The first-order chi connectivity index (χ1) is 11.5. The zero-order valence-electron chi connectivity index (χ0n) is 13.0. The molecule has 0 saturated heterocycles. The number of nitrogens with two attached hydrogens (primary N) is 1. The third-order valence-corrected chi connectivity index (χ3v) is 6.84. The maximum absolute atomic E-state index is 14.0. The van der Waals surface area contributed by atoms with Crippen LogP contribution in [0.5, 0.6) is 0 Å². The predicted molar refractivity (Wildman–Crippen MR) is 87.0 cm³/mol. The first kappa shape index (κ1) is 17.8. The molecule has 3 rings (SSSR count). The molecule has 1 aliphatic rings. The minimum absolute atomic E-state index is 0.134. The smallest absolute Gasteiger partial charge is 0.263 e. The van der Waals surface area contributed by atoms with Crippen molar-refractivity contribution in [3.63, 3.8) is 0 Å². The lowest BCUT2D eigenvalue weighted by molar-refractivity contribution is 0.545. The Bertz CT molecular complexity index is 1070. The molecule has 10 heteroatoms. The number of anilines is 1. The van der Waals surface area contributed by atoms with E-state index in [0.717, 1.165) is 16.4 Å². The number of fused-ring (bicyclic) bond motifs is 1. The topological polar surface area (TPSA) is 97.5 Å². The van der Waals surface area contributed by atoms with Gasteiger partial charge in [0.25, 0.3) is 10.0 Å². The molecule has 25 heavy (non-hydrogen) atoms. The lowest BCUT2D eigenvalue weighted by atomic mass is 10.1. The third-order valence-electron chi connectivity index (χ3n) is 3.96. The summed E-state index contributed by atoms with van der Waals surface area (Å²) in [5.41, 5.74) is 0.703. The van der Waals surface area contributed by atoms with Gasteiger partial charge in [-0.1, -0.05) is 0 Å². The highest BCUT2D eigenvalue weighted by Crippen LogP contribution is 2.38. The predicted octanol–water partition coefficient (Wildman–Crippen LogP) is 1.75. The summed E-state index contributed by atoms with van der Waals surface area (Å²) in [5.74, 6) is -2.08. The Labute approximate surface area is 144 Å². The zero-order valence-corrected chi connectivity index (χ0v) is 14.6. The van der Waals surface area contributed by atoms with E-state index in [4.69, 9.17) is 5.14 Å². The highest BCUT2D eigenvalue weighted by Gasteiger charge is 2.38. The fraction of sp³-hybridized carbons (Fsp3) is 0.200. The van der Waals surface area contributed by atoms with Gasteiger partial charge in [-0.3, -0.25) is 4.31 Å². The standard InChI is InChI=1S/C15H14F2N2O4S2/c1-9-6-10-7-12(24(18,20)21)3-4-14(10)19(9)25(22,23)15-5-2-11(16)8-13(15)17/h2-5,7-9H,6H2,1H3,(H2,18,20,21). The van der Waals surface area contributed by atoms with Crippen LogP contribution in [0.2, 0.25) is 0 Å². The molecule has 1 heterocycles. The second-order valence-corrected chi connectivity index (χ2v) is 9.11. The summed E-state index contributed by atoms with van der Waals surface area (Å²) >= 11 is 0. The van der Waals surface area contributed by atoms with Crippen LogP contribution in [0.1, 0.15) is 12.5 Å². The molecular formula is C15H14F2N2O4S2. The number of halogens is 2. The molecule has 0 aromatic heterocycles. The molecule has 0 saturated carbocycles. The number of benzene rings is 2. The van der Waals surface area contributed by atoms with E-state index < -0.39 is 42.6 Å². The first-order valence-corrected chi connectivity index (χ1v) is 10.2. The van der Waals surface area contributed by atoms with Crippen molar-refractivity contribution < 1.29 is 25.6 Å². The molecule has 2 N–H and O–H groups in total. The summed E-state index contributed by atoms with van der Waals surface area (Å²) in [4.78, 5) is -0.783. The van der Waals surface area contributed by atoms with Crippen LogP contribution < -0.4 is 9.44 Å². The first-order valence-electron chi connectivity index (χ1n) is 7.17. The van der Waals surface area contributed by atoms with Crippen LogP contribution in [-0.4, -0.2) is 22.9 Å². The van der Waals surface area contributed by atoms with Crippen LogP contribution in [-0.2, 0) is 26.5 Å². The minimum atomic E-state index is -4.29. The van der Waals surface area contributed by atoms with Crippen LogP contribution in [0.15, 0.2) is 46.2 Å².